The fourth-order valence-corrected chi connectivity index (χ4v) is 14.1. The second kappa shape index (κ2) is 12.9. The number of unbranched alkanes of at least 4 members (excludes halogenated alkanes) is 3. The molecule has 0 unspecified atom stereocenters. The van der Waals surface area contributed by atoms with E-state index < -0.39 is 0 Å². The molecule has 0 aliphatic rings. The van der Waals surface area contributed by atoms with Crippen LogP contribution in [0.3, 0.4) is 0 Å². The predicted molar refractivity (Wildman–Crippen MR) is 95.6 cm³/mol. The molecule has 0 nitrogen and oxygen atoms in total. The van der Waals surface area contributed by atoms with Gasteiger partial charge in [-0.25, -0.2) is 0 Å². The summed E-state index contributed by atoms with van der Waals surface area (Å²) in [7, 11) is -0.0295. The molecule has 0 aliphatic carbocycles. The van der Waals surface area contributed by atoms with Crippen LogP contribution in [0.15, 0.2) is 0 Å². The van der Waals surface area contributed by atoms with Crippen molar-refractivity contribution in [1.82, 2.24) is 0 Å². The van der Waals surface area contributed by atoms with Gasteiger partial charge in [-0.3, -0.25) is 9.48 Å². The molecule has 0 spiro atoms. The molecule has 0 rings (SSSR count). The van der Waals surface area contributed by atoms with E-state index in [4.69, 9.17) is 11.6 Å². The Bertz CT molecular complexity index is 154. The molecule has 0 radical (unpaired) electrons. The number of halogens is 1. The molecule has 3 heteroatoms. The monoisotopic (exact) mass is 310 g/mol. The van der Waals surface area contributed by atoms with Gasteiger partial charge in [0.25, 0.3) is 0 Å². The van der Waals surface area contributed by atoms with Crippen molar-refractivity contribution in [2.45, 2.75) is 71.8 Å². The fraction of sp³-hybridized carbons (Fsp3) is 1.00. The fourth-order valence-electron chi connectivity index (χ4n) is 2.47. The minimum Gasteiger partial charge on any atom is -0.259 e. The average molecular weight is 311 g/mol. The molecule has 0 heterocycles. The van der Waals surface area contributed by atoms with E-state index in [9.17, 15) is 0 Å². The van der Waals surface area contributed by atoms with Gasteiger partial charge in [-0.05, 0) is 42.9 Å². The summed E-state index contributed by atoms with van der Waals surface area (Å²) < 4.78 is 0. The third kappa shape index (κ3) is 8.87. The molecule has 0 amide bonds. The van der Waals surface area contributed by atoms with E-state index in [-0.39, 0.29) is 18.1 Å². The summed E-state index contributed by atoms with van der Waals surface area (Å²) in [5.41, 5.74) is 0. The van der Waals surface area contributed by atoms with Crippen LogP contribution in [0.2, 0.25) is 6.04 Å². The Morgan fingerprint density at radius 1 is 0.778 bits per heavy atom. The summed E-state index contributed by atoms with van der Waals surface area (Å²) in [6.45, 7) is 7.05. The Morgan fingerprint density at radius 3 is 1.56 bits per heavy atom. The summed E-state index contributed by atoms with van der Waals surface area (Å²) in [5, 5.41) is 0. The molecule has 0 aromatic carbocycles. The van der Waals surface area contributed by atoms with Gasteiger partial charge in [0.15, 0.2) is 0 Å². The lowest BCUT2D eigenvalue weighted by molar-refractivity contribution is 0.852. The second-order valence-corrected chi connectivity index (χ2v) is 15.6. The van der Waals surface area contributed by atoms with Crippen LogP contribution in [0.1, 0.15) is 65.7 Å². The van der Waals surface area contributed by atoms with Crippen LogP contribution in [0.4, 0.5) is 0 Å². The average Bonchev–Trinajstić information content (AvgIpc) is 2.40. The molecule has 0 N–H and O–H groups in total. The van der Waals surface area contributed by atoms with E-state index in [1.807, 2.05) is 0 Å². The van der Waals surface area contributed by atoms with Crippen molar-refractivity contribution in [2.75, 3.05) is 23.1 Å². The number of hydrogen-bond donors (Lipinski definition) is 0. The normalized spacial score (nSPS) is 13.6. The highest BCUT2D eigenvalue weighted by atomic mass is 35.5. The Hall–Kier alpha value is 0.857. The summed E-state index contributed by atoms with van der Waals surface area (Å²) in [6.07, 6.45) is 9.89. The van der Waals surface area contributed by atoms with Crippen molar-refractivity contribution in [3.05, 3.63) is 0 Å². The molecule has 0 saturated heterocycles. The van der Waals surface area contributed by atoms with Crippen molar-refractivity contribution >= 4 is 29.7 Å². The SMILES string of the molecule is CCCCS(CCCC)(CCCC)[SiH2]CCCCl. The second-order valence-electron chi connectivity index (χ2n) is 5.50. The highest BCUT2D eigenvalue weighted by Gasteiger charge is 2.22. The van der Waals surface area contributed by atoms with E-state index in [0.29, 0.717) is 0 Å². The van der Waals surface area contributed by atoms with Crippen LogP contribution in [-0.2, 0) is 0 Å². The van der Waals surface area contributed by atoms with Crippen molar-refractivity contribution in [3.8, 4) is 0 Å². The van der Waals surface area contributed by atoms with Crippen LogP contribution < -0.4 is 0 Å². The number of alkyl halides is 1. The summed E-state index contributed by atoms with van der Waals surface area (Å²) in [6, 6.07) is 1.51. The molecule has 112 valence electrons. The van der Waals surface area contributed by atoms with Gasteiger partial charge in [0.2, 0.25) is 0 Å². The topological polar surface area (TPSA) is 0 Å². The van der Waals surface area contributed by atoms with Gasteiger partial charge in [-0.1, -0.05) is 46.1 Å². The van der Waals surface area contributed by atoms with Crippen LogP contribution in [-0.4, -0.2) is 31.8 Å². The maximum absolute atomic E-state index is 5.87. The molecular formula is C15H35ClSSi. The van der Waals surface area contributed by atoms with E-state index in [1.165, 1.54) is 51.0 Å². The molecule has 0 atom stereocenters. The van der Waals surface area contributed by atoms with Gasteiger partial charge in [0.1, 0.15) is 0 Å². The van der Waals surface area contributed by atoms with Crippen LogP contribution in [0.5, 0.6) is 0 Å². The first-order valence-corrected chi connectivity index (χ1v) is 13.6. The highest BCUT2D eigenvalue weighted by Crippen LogP contribution is 2.49. The largest absolute Gasteiger partial charge is 0.259 e. The zero-order valence-corrected chi connectivity index (χ0v) is 16.0. The van der Waals surface area contributed by atoms with Gasteiger partial charge in [-0.15, -0.1) is 11.6 Å². The Morgan fingerprint density at radius 2 is 1.22 bits per heavy atom. The maximum Gasteiger partial charge on any atom is 0.0656 e. The Balaban J connectivity index is 4.41. The van der Waals surface area contributed by atoms with Gasteiger partial charge in [-0.2, -0.15) is 0 Å². The first-order chi connectivity index (χ1) is 8.74. The smallest absolute Gasteiger partial charge is 0.0656 e. The molecule has 0 fully saturated rings. The first kappa shape index (κ1) is 18.9. The van der Waals surface area contributed by atoms with Gasteiger partial charge in [0, 0.05) is 5.88 Å². The third-order valence-corrected chi connectivity index (χ3v) is 15.2. The molecule has 0 saturated carbocycles. The standard InChI is InChI=1S/C15H35ClSSi/c1-4-7-12-17(13-8-5-2,14-9-6-3)18-15-10-11-16/h4-15,18H2,1-3H3. The van der Waals surface area contributed by atoms with Crippen molar-refractivity contribution in [2.24, 2.45) is 0 Å². The molecule has 0 aromatic rings. The van der Waals surface area contributed by atoms with Crippen LogP contribution in [0, 0.1) is 0 Å². The number of hydrogen-bond acceptors (Lipinski definition) is 0. The molecule has 18 heavy (non-hydrogen) atoms. The van der Waals surface area contributed by atoms with Crippen LogP contribution >= 0.6 is 21.1 Å². The predicted octanol–water partition coefficient (Wildman–Crippen LogP) is 5.32. The Labute approximate surface area is 124 Å². The van der Waals surface area contributed by atoms with E-state index in [2.05, 4.69) is 20.8 Å². The van der Waals surface area contributed by atoms with Crippen molar-refractivity contribution in [3.63, 3.8) is 0 Å². The lowest BCUT2D eigenvalue weighted by Crippen LogP contribution is -2.20. The Kier molecular flexibility index (Phi) is 13.5. The molecule has 0 bridgehead atoms. The van der Waals surface area contributed by atoms with Crippen molar-refractivity contribution < 1.29 is 0 Å². The van der Waals surface area contributed by atoms with Gasteiger partial charge in [0.05, 0.1) is 8.67 Å². The van der Waals surface area contributed by atoms with E-state index in [1.54, 1.807) is 17.3 Å². The summed E-state index contributed by atoms with van der Waals surface area (Å²) in [5.74, 6) is 5.67. The molecule has 0 aromatic heterocycles. The van der Waals surface area contributed by atoms with Gasteiger partial charge >= 0.3 is 0 Å². The zero-order valence-electron chi connectivity index (χ0n) is 13.0. The molecule has 0 aliphatic heterocycles. The minimum atomic E-state index is -0.175. The lowest BCUT2D eigenvalue weighted by atomic mass is 10.4. The minimum absolute atomic E-state index is 0.145. The number of rotatable bonds is 13. The zero-order chi connectivity index (χ0) is 13.7. The first-order valence-electron chi connectivity index (χ1n) is 8.04. The van der Waals surface area contributed by atoms with Crippen LogP contribution in [0.25, 0.3) is 0 Å². The van der Waals surface area contributed by atoms with Gasteiger partial charge < -0.3 is 0 Å². The lowest BCUT2D eigenvalue weighted by Gasteiger charge is -2.41. The maximum atomic E-state index is 5.87. The summed E-state index contributed by atoms with van der Waals surface area (Å²) in [4.78, 5) is 0. The summed E-state index contributed by atoms with van der Waals surface area (Å²) >= 11 is 5.87. The highest BCUT2D eigenvalue weighted by molar-refractivity contribution is 8.52. The van der Waals surface area contributed by atoms with Crippen molar-refractivity contribution in [1.29, 1.82) is 0 Å². The van der Waals surface area contributed by atoms with E-state index >= 15 is 0 Å². The third-order valence-electron chi connectivity index (χ3n) is 3.75. The molecular weight excluding hydrogens is 276 g/mol. The van der Waals surface area contributed by atoms with E-state index in [0.717, 1.165) is 5.88 Å². The quantitative estimate of drug-likeness (QED) is 0.245.